The fourth-order valence-electron chi connectivity index (χ4n) is 3.87. The first kappa shape index (κ1) is 19.8. The zero-order valence-electron chi connectivity index (χ0n) is 16.8. The molecule has 32 heavy (non-hydrogen) atoms. The van der Waals surface area contributed by atoms with Crippen molar-refractivity contribution in [1.29, 1.82) is 0 Å². The van der Waals surface area contributed by atoms with Gasteiger partial charge in [0.1, 0.15) is 6.54 Å². The number of fused-ring (bicyclic) bond motifs is 2. The van der Waals surface area contributed by atoms with Gasteiger partial charge in [-0.3, -0.25) is 18.3 Å². The normalized spacial score (nSPS) is 11.1. The number of hydrogen-bond donors (Lipinski definition) is 3. The van der Waals surface area contributed by atoms with Gasteiger partial charge in [-0.25, -0.2) is 0 Å². The zero-order chi connectivity index (χ0) is 22.2. The average molecular weight is 443 g/mol. The van der Waals surface area contributed by atoms with Crippen molar-refractivity contribution in [1.82, 2.24) is 8.94 Å². The number of primary amides is 1. The highest BCUT2D eigenvalue weighted by molar-refractivity contribution is 7.13. The summed E-state index contributed by atoms with van der Waals surface area (Å²) in [6.07, 6.45) is 1.75. The Balaban J connectivity index is 1.49. The van der Waals surface area contributed by atoms with Crippen LogP contribution in [0.2, 0.25) is 0 Å². The molecule has 0 unspecified atom stereocenters. The van der Waals surface area contributed by atoms with Gasteiger partial charge in [-0.1, -0.05) is 47.9 Å². The number of para-hydroxylation sites is 1. The Morgan fingerprint density at radius 1 is 0.938 bits per heavy atom. The van der Waals surface area contributed by atoms with Crippen LogP contribution in [-0.2, 0) is 11.3 Å². The predicted molar refractivity (Wildman–Crippen MR) is 127 cm³/mol. The second-order valence-electron chi connectivity index (χ2n) is 7.31. The third-order valence-electron chi connectivity index (χ3n) is 5.32. The fraction of sp³-hybridized carbons (Fsp3) is 0.0417. The number of benzene rings is 3. The molecule has 0 aliphatic carbocycles. The molecule has 4 N–H and O–H groups in total. The first-order chi connectivity index (χ1) is 15.5. The lowest BCUT2D eigenvalue weighted by molar-refractivity contribution is -0.116. The molecule has 0 aliphatic rings. The van der Waals surface area contributed by atoms with Crippen molar-refractivity contribution in [3.8, 4) is 11.1 Å². The number of nitrogens with two attached hydrogens (primary N) is 1. The van der Waals surface area contributed by atoms with Gasteiger partial charge in [0, 0.05) is 22.8 Å². The van der Waals surface area contributed by atoms with Crippen molar-refractivity contribution in [3.63, 3.8) is 0 Å². The number of rotatable bonds is 5. The van der Waals surface area contributed by atoms with E-state index in [0.717, 1.165) is 21.2 Å². The Morgan fingerprint density at radius 3 is 2.53 bits per heavy atom. The van der Waals surface area contributed by atoms with Crippen molar-refractivity contribution < 1.29 is 9.59 Å². The Labute approximate surface area is 186 Å². The van der Waals surface area contributed by atoms with E-state index in [4.69, 9.17) is 5.73 Å². The summed E-state index contributed by atoms with van der Waals surface area (Å²) >= 11 is 1.27. The maximum absolute atomic E-state index is 12.8. The van der Waals surface area contributed by atoms with Gasteiger partial charge in [0.25, 0.3) is 11.5 Å². The van der Waals surface area contributed by atoms with Gasteiger partial charge in [-0.15, -0.1) is 0 Å². The van der Waals surface area contributed by atoms with Gasteiger partial charge in [-0.05, 0) is 35.9 Å². The van der Waals surface area contributed by atoms with Crippen molar-refractivity contribution >= 4 is 50.0 Å². The largest absolute Gasteiger partial charge is 0.366 e. The number of amides is 2. The Kier molecular flexibility index (Phi) is 4.84. The Morgan fingerprint density at radius 2 is 1.72 bits per heavy atom. The number of hydrogen-bond acceptors (Lipinski definition) is 4. The van der Waals surface area contributed by atoms with Gasteiger partial charge in [0.15, 0.2) is 0 Å². The first-order valence-electron chi connectivity index (χ1n) is 9.91. The van der Waals surface area contributed by atoms with E-state index in [9.17, 15) is 14.4 Å². The topological polar surface area (TPSA) is 110 Å². The lowest BCUT2D eigenvalue weighted by atomic mass is 9.97. The van der Waals surface area contributed by atoms with Gasteiger partial charge in [-0.2, -0.15) is 0 Å². The van der Waals surface area contributed by atoms with E-state index in [2.05, 4.69) is 10.3 Å². The molecule has 8 heteroatoms. The molecule has 0 fully saturated rings. The molecule has 7 nitrogen and oxygen atoms in total. The lowest BCUT2D eigenvalue weighted by Gasteiger charge is -2.13. The maximum Gasteiger partial charge on any atom is 0.268 e. The highest BCUT2D eigenvalue weighted by Crippen LogP contribution is 2.34. The van der Waals surface area contributed by atoms with Crippen molar-refractivity contribution in [2.75, 3.05) is 5.32 Å². The summed E-state index contributed by atoms with van der Waals surface area (Å²) in [4.78, 5) is 40.2. The van der Waals surface area contributed by atoms with Crippen LogP contribution < -0.4 is 16.6 Å². The van der Waals surface area contributed by atoms with Crippen molar-refractivity contribution in [2.45, 2.75) is 6.54 Å². The molecular weight excluding hydrogens is 424 g/mol. The quantitative estimate of drug-likeness (QED) is 0.383. The van der Waals surface area contributed by atoms with E-state index in [1.165, 1.54) is 15.5 Å². The Hall–Kier alpha value is -4.17. The second-order valence-corrected chi connectivity index (χ2v) is 8.38. The molecular formula is C24H18N4O3S. The number of anilines is 1. The number of carbonyl (C=O) groups is 2. The van der Waals surface area contributed by atoms with E-state index in [1.807, 2.05) is 48.5 Å². The molecule has 5 aromatic rings. The van der Waals surface area contributed by atoms with Crippen LogP contribution in [0.5, 0.6) is 0 Å². The van der Waals surface area contributed by atoms with Crippen LogP contribution in [-0.4, -0.2) is 20.8 Å². The minimum absolute atomic E-state index is 0.0767. The molecule has 2 amide bonds. The molecule has 3 aromatic carbocycles. The summed E-state index contributed by atoms with van der Waals surface area (Å²) in [6, 6.07) is 20.1. The summed E-state index contributed by atoms with van der Waals surface area (Å²) in [7, 11) is 0. The number of nitrogens with one attached hydrogen (secondary N) is 2. The van der Waals surface area contributed by atoms with Crippen LogP contribution >= 0.6 is 11.5 Å². The molecule has 0 spiro atoms. The van der Waals surface area contributed by atoms with Crippen LogP contribution in [0.25, 0.3) is 32.1 Å². The van der Waals surface area contributed by atoms with Crippen LogP contribution in [0.4, 0.5) is 5.69 Å². The Bertz CT molecular complexity index is 1560. The second kappa shape index (κ2) is 7.82. The summed E-state index contributed by atoms with van der Waals surface area (Å²) in [5.74, 6) is -0.815. The fourth-order valence-corrected chi connectivity index (χ4v) is 4.86. The number of nitrogens with zero attached hydrogens (tertiary/aromatic N) is 1. The number of aromatic nitrogens is 2. The van der Waals surface area contributed by atoms with Crippen LogP contribution in [0, 0.1) is 0 Å². The highest BCUT2D eigenvalue weighted by Gasteiger charge is 2.16. The molecule has 0 radical (unpaired) electrons. The van der Waals surface area contributed by atoms with Crippen LogP contribution in [0.15, 0.2) is 77.7 Å². The van der Waals surface area contributed by atoms with E-state index in [1.54, 1.807) is 24.4 Å². The molecule has 2 heterocycles. The van der Waals surface area contributed by atoms with Gasteiger partial charge in [0.05, 0.1) is 21.2 Å². The highest BCUT2D eigenvalue weighted by atomic mass is 32.1. The molecule has 2 aromatic heterocycles. The standard InChI is InChI=1S/C24H18N4O3S/c25-23(30)18-10-9-14(16-11-12-26-22(16)18)15-5-1-3-7-19(15)27-21(29)13-28-24(31)17-6-2-4-8-20(17)32-28/h1-12,26H,13H2,(H2,25,30)(H,27,29). The smallest absolute Gasteiger partial charge is 0.268 e. The SMILES string of the molecule is NC(=O)c1ccc(-c2ccccc2NC(=O)Cn2sc3ccccc3c2=O)c2cc[nH]c12. The summed E-state index contributed by atoms with van der Waals surface area (Å²) < 4.78 is 2.30. The molecule has 0 atom stereocenters. The minimum Gasteiger partial charge on any atom is -0.366 e. The zero-order valence-corrected chi connectivity index (χ0v) is 17.6. The van der Waals surface area contributed by atoms with Gasteiger partial charge >= 0.3 is 0 Å². The van der Waals surface area contributed by atoms with E-state index < -0.39 is 5.91 Å². The number of H-pyrrole nitrogens is 1. The van der Waals surface area contributed by atoms with Crippen LogP contribution in [0.3, 0.4) is 0 Å². The maximum atomic E-state index is 12.8. The number of carbonyl (C=O) groups excluding carboxylic acids is 2. The van der Waals surface area contributed by atoms with E-state index in [-0.39, 0.29) is 18.0 Å². The molecule has 0 aliphatic heterocycles. The molecule has 158 valence electrons. The van der Waals surface area contributed by atoms with Gasteiger partial charge < -0.3 is 16.0 Å². The first-order valence-corrected chi connectivity index (χ1v) is 10.7. The summed E-state index contributed by atoms with van der Waals surface area (Å²) in [5.41, 5.74) is 8.62. The average Bonchev–Trinajstić information content (AvgIpc) is 3.39. The van der Waals surface area contributed by atoms with E-state index in [0.29, 0.717) is 22.2 Å². The summed E-state index contributed by atoms with van der Waals surface area (Å²) in [5, 5.41) is 4.36. The van der Waals surface area contributed by atoms with Gasteiger partial charge in [0.2, 0.25) is 5.91 Å². The molecule has 0 saturated heterocycles. The third kappa shape index (κ3) is 3.36. The third-order valence-corrected chi connectivity index (χ3v) is 6.39. The van der Waals surface area contributed by atoms with Crippen molar-refractivity contribution in [2.24, 2.45) is 5.73 Å². The molecule has 5 rings (SSSR count). The minimum atomic E-state index is -0.514. The molecule has 0 bridgehead atoms. The van der Waals surface area contributed by atoms with E-state index >= 15 is 0 Å². The summed E-state index contributed by atoms with van der Waals surface area (Å²) in [6.45, 7) is -0.0767. The van der Waals surface area contributed by atoms with Crippen molar-refractivity contribution in [3.05, 3.63) is 88.8 Å². The number of aromatic amines is 1. The molecule has 0 saturated carbocycles. The predicted octanol–water partition coefficient (Wildman–Crippen LogP) is 3.95. The monoisotopic (exact) mass is 442 g/mol. The van der Waals surface area contributed by atoms with Crippen LogP contribution in [0.1, 0.15) is 10.4 Å². The lowest BCUT2D eigenvalue weighted by Crippen LogP contribution is -2.24.